The first-order chi connectivity index (χ1) is 9.29. The first-order valence-electron chi connectivity index (χ1n) is 5.63. The molecule has 0 saturated carbocycles. The highest BCUT2D eigenvalue weighted by atomic mass is 127. The molecule has 0 saturated heterocycles. The van der Waals surface area contributed by atoms with E-state index in [0.29, 0.717) is 5.69 Å². The fourth-order valence-corrected chi connectivity index (χ4v) is 3.40. The van der Waals surface area contributed by atoms with Crippen LogP contribution in [0.3, 0.4) is 0 Å². The number of hydrogen-bond donors (Lipinski definition) is 2. The van der Waals surface area contributed by atoms with Crippen LogP contribution in [0.15, 0.2) is 41.3 Å². The fraction of sp³-hybridized carbons (Fsp3) is 0.0769. The van der Waals surface area contributed by atoms with Crippen molar-refractivity contribution >= 4 is 44.0 Å². The lowest BCUT2D eigenvalue weighted by molar-refractivity contribution is 0.599. The molecular formula is C13H12FIN2O2S. The van der Waals surface area contributed by atoms with E-state index in [0.717, 1.165) is 9.64 Å². The molecule has 0 radical (unpaired) electrons. The summed E-state index contributed by atoms with van der Waals surface area (Å²) in [5.41, 5.74) is 5.91. The minimum Gasteiger partial charge on any atom is -0.396 e. The van der Waals surface area contributed by atoms with Crippen molar-refractivity contribution in [2.24, 2.45) is 0 Å². The molecule has 7 heteroatoms. The second-order valence-corrected chi connectivity index (χ2v) is 7.19. The monoisotopic (exact) mass is 406 g/mol. The van der Waals surface area contributed by atoms with Gasteiger partial charge in [-0.1, -0.05) is 6.07 Å². The lowest BCUT2D eigenvalue weighted by Crippen LogP contribution is -2.14. The standard InChI is InChI=1S/C13H12FIN2O2S/c1-8-5-11(7-12(16)13(8)14)20(18,19)17-10-4-2-3-9(15)6-10/h2-7,17H,16H2,1H3. The molecule has 0 heterocycles. The number of nitrogen functional groups attached to an aromatic ring is 1. The van der Waals surface area contributed by atoms with Gasteiger partial charge >= 0.3 is 0 Å². The SMILES string of the molecule is Cc1cc(S(=O)(=O)Nc2cccc(I)c2)cc(N)c1F. The van der Waals surface area contributed by atoms with Gasteiger partial charge in [0.25, 0.3) is 10.0 Å². The number of nitrogens with two attached hydrogens (primary N) is 1. The molecule has 0 amide bonds. The van der Waals surface area contributed by atoms with Gasteiger partial charge in [0.2, 0.25) is 0 Å². The van der Waals surface area contributed by atoms with Gasteiger partial charge in [-0.2, -0.15) is 0 Å². The topological polar surface area (TPSA) is 72.2 Å². The highest BCUT2D eigenvalue weighted by Crippen LogP contribution is 2.23. The Balaban J connectivity index is 2.41. The van der Waals surface area contributed by atoms with Crippen molar-refractivity contribution in [2.45, 2.75) is 11.8 Å². The first kappa shape index (κ1) is 15.0. The van der Waals surface area contributed by atoms with E-state index in [2.05, 4.69) is 27.3 Å². The van der Waals surface area contributed by atoms with Crippen LogP contribution < -0.4 is 10.5 Å². The zero-order valence-electron chi connectivity index (χ0n) is 10.5. The molecule has 0 aliphatic carbocycles. The van der Waals surface area contributed by atoms with Gasteiger partial charge in [-0.05, 0) is 65.4 Å². The normalized spacial score (nSPS) is 11.3. The molecule has 2 rings (SSSR count). The summed E-state index contributed by atoms with van der Waals surface area (Å²) < 4.78 is 41.3. The van der Waals surface area contributed by atoms with Crippen LogP contribution in [0.2, 0.25) is 0 Å². The Morgan fingerprint density at radius 1 is 1.25 bits per heavy atom. The number of sulfonamides is 1. The quantitative estimate of drug-likeness (QED) is 0.608. The van der Waals surface area contributed by atoms with E-state index >= 15 is 0 Å². The summed E-state index contributed by atoms with van der Waals surface area (Å²) in [5.74, 6) is -0.599. The third-order valence-electron chi connectivity index (χ3n) is 2.64. The molecule has 0 aromatic heterocycles. The van der Waals surface area contributed by atoms with E-state index in [1.807, 2.05) is 6.07 Å². The largest absolute Gasteiger partial charge is 0.396 e. The van der Waals surface area contributed by atoms with E-state index < -0.39 is 15.8 Å². The van der Waals surface area contributed by atoms with Gasteiger partial charge in [-0.25, -0.2) is 12.8 Å². The van der Waals surface area contributed by atoms with Crippen molar-refractivity contribution in [3.63, 3.8) is 0 Å². The molecule has 3 N–H and O–H groups in total. The highest BCUT2D eigenvalue weighted by Gasteiger charge is 2.17. The van der Waals surface area contributed by atoms with E-state index in [4.69, 9.17) is 5.73 Å². The van der Waals surface area contributed by atoms with Crippen molar-refractivity contribution in [3.05, 3.63) is 51.3 Å². The summed E-state index contributed by atoms with van der Waals surface area (Å²) >= 11 is 2.08. The summed E-state index contributed by atoms with van der Waals surface area (Å²) in [7, 11) is -3.79. The van der Waals surface area contributed by atoms with Crippen LogP contribution in [0.1, 0.15) is 5.56 Å². The number of hydrogen-bond acceptors (Lipinski definition) is 3. The molecular weight excluding hydrogens is 394 g/mol. The zero-order chi connectivity index (χ0) is 14.9. The van der Waals surface area contributed by atoms with Crippen LogP contribution >= 0.6 is 22.6 Å². The predicted octanol–water partition coefficient (Wildman–Crippen LogP) is 3.12. The van der Waals surface area contributed by atoms with Crippen LogP contribution in [-0.2, 0) is 10.0 Å². The molecule has 0 atom stereocenters. The van der Waals surface area contributed by atoms with Crippen LogP contribution in [0.5, 0.6) is 0 Å². The Hall–Kier alpha value is -1.35. The smallest absolute Gasteiger partial charge is 0.261 e. The van der Waals surface area contributed by atoms with Gasteiger partial charge in [0.15, 0.2) is 0 Å². The molecule has 0 unspecified atom stereocenters. The Morgan fingerprint density at radius 3 is 2.55 bits per heavy atom. The summed E-state index contributed by atoms with van der Waals surface area (Å²) in [5, 5.41) is 0. The lowest BCUT2D eigenvalue weighted by Gasteiger charge is -2.10. The molecule has 4 nitrogen and oxygen atoms in total. The number of aryl methyl sites for hydroxylation is 1. The minimum atomic E-state index is -3.79. The number of halogens is 2. The maximum absolute atomic E-state index is 13.4. The maximum Gasteiger partial charge on any atom is 0.261 e. The molecule has 0 fully saturated rings. The van der Waals surface area contributed by atoms with Crippen molar-refractivity contribution in [2.75, 3.05) is 10.5 Å². The Bertz CT molecular complexity index is 740. The molecule has 0 aliphatic heterocycles. The van der Waals surface area contributed by atoms with Gasteiger partial charge < -0.3 is 5.73 Å². The van der Waals surface area contributed by atoms with Crippen molar-refractivity contribution in [1.82, 2.24) is 0 Å². The molecule has 20 heavy (non-hydrogen) atoms. The van der Waals surface area contributed by atoms with Crippen LogP contribution in [-0.4, -0.2) is 8.42 Å². The number of nitrogens with one attached hydrogen (secondary N) is 1. The van der Waals surface area contributed by atoms with Crippen LogP contribution in [0.4, 0.5) is 15.8 Å². The summed E-state index contributed by atoms with van der Waals surface area (Å²) in [6.07, 6.45) is 0. The third-order valence-corrected chi connectivity index (χ3v) is 4.68. The first-order valence-corrected chi connectivity index (χ1v) is 8.20. The van der Waals surface area contributed by atoms with Gasteiger partial charge in [0.05, 0.1) is 10.6 Å². The maximum atomic E-state index is 13.4. The van der Waals surface area contributed by atoms with E-state index in [9.17, 15) is 12.8 Å². The summed E-state index contributed by atoms with van der Waals surface area (Å²) in [4.78, 5) is -0.0623. The molecule has 0 bridgehead atoms. The van der Waals surface area contributed by atoms with Crippen LogP contribution in [0, 0.1) is 16.3 Å². The minimum absolute atomic E-state index is 0.0623. The fourth-order valence-electron chi connectivity index (χ4n) is 1.68. The number of benzene rings is 2. The Kier molecular flexibility index (Phi) is 4.19. The Morgan fingerprint density at radius 2 is 1.95 bits per heavy atom. The van der Waals surface area contributed by atoms with E-state index in [-0.39, 0.29) is 16.1 Å². The highest BCUT2D eigenvalue weighted by molar-refractivity contribution is 14.1. The van der Waals surface area contributed by atoms with E-state index in [1.165, 1.54) is 13.0 Å². The predicted molar refractivity (Wildman–Crippen MR) is 85.5 cm³/mol. The van der Waals surface area contributed by atoms with Gasteiger partial charge in [-0.15, -0.1) is 0 Å². The molecule has 106 valence electrons. The van der Waals surface area contributed by atoms with Gasteiger partial charge in [-0.3, -0.25) is 4.72 Å². The summed E-state index contributed by atoms with van der Waals surface area (Å²) in [6.45, 7) is 1.47. The Labute approximate surface area is 130 Å². The average molecular weight is 406 g/mol. The molecule has 0 spiro atoms. The van der Waals surface area contributed by atoms with Gasteiger partial charge in [0.1, 0.15) is 5.82 Å². The average Bonchev–Trinajstić information content (AvgIpc) is 2.34. The van der Waals surface area contributed by atoms with Crippen LogP contribution in [0.25, 0.3) is 0 Å². The van der Waals surface area contributed by atoms with Gasteiger partial charge in [0, 0.05) is 9.26 Å². The second kappa shape index (κ2) is 5.57. The molecule has 2 aromatic rings. The van der Waals surface area contributed by atoms with Crippen molar-refractivity contribution < 1.29 is 12.8 Å². The number of rotatable bonds is 3. The summed E-state index contributed by atoms with van der Waals surface area (Å²) in [6, 6.07) is 9.28. The second-order valence-electron chi connectivity index (χ2n) is 4.26. The number of anilines is 2. The molecule has 0 aliphatic rings. The lowest BCUT2D eigenvalue weighted by atomic mass is 10.2. The third kappa shape index (κ3) is 3.21. The van der Waals surface area contributed by atoms with Crippen molar-refractivity contribution in [3.8, 4) is 0 Å². The zero-order valence-corrected chi connectivity index (χ0v) is 13.5. The van der Waals surface area contributed by atoms with Crippen molar-refractivity contribution in [1.29, 1.82) is 0 Å². The van der Waals surface area contributed by atoms with E-state index in [1.54, 1.807) is 18.2 Å². The molecule has 2 aromatic carbocycles.